The predicted molar refractivity (Wildman–Crippen MR) is 127 cm³/mol. The molecule has 4 heterocycles. The number of aromatic amines is 1. The molecule has 1 fully saturated rings. The van der Waals surface area contributed by atoms with Crippen molar-refractivity contribution in [3.8, 4) is 11.4 Å². The molecule has 0 bridgehead atoms. The van der Waals surface area contributed by atoms with Crippen LogP contribution in [0.15, 0.2) is 54.7 Å². The number of fused-ring (bicyclic) bond motifs is 1. The lowest BCUT2D eigenvalue weighted by Crippen LogP contribution is -2.35. The number of H-pyrrole nitrogens is 1. The standard InChI is InChI=1S/C25H26N6O2/c1-17-14-19(8-9-26-17)25-28-21-6-2-4-18(24(21)30-25)15-23(32)29-22-7-3-5-20(27-22)16-31-10-12-33-13-11-31/h2-9,14H,10-13,15-16H2,1H3,(H,28,30)(H,27,29,32). The molecule has 8 nitrogen and oxygen atoms in total. The second-order valence-electron chi connectivity index (χ2n) is 8.21. The molecule has 1 saturated heterocycles. The molecule has 33 heavy (non-hydrogen) atoms. The summed E-state index contributed by atoms with van der Waals surface area (Å²) < 4.78 is 5.40. The van der Waals surface area contributed by atoms with Crippen molar-refractivity contribution in [2.24, 2.45) is 0 Å². The van der Waals surface area contributed by atoms with E-state index in [1.54, 1.807) is 6.20 Å². The Morgan fingerprint density at radius 2 is 1.97 bits per heavy atom. The highest BCUT2D eigenvalue weighted by molar-refractivity contribution is 5.94. The number of nitrogens with zero attached hydrogens (tertiary/aromatic N) is 4. The molecule has 0 atom stereocenters. The summed E-state index contributed by atoms with van der Waals surface area (Å²) in [5, 5.41) is 2.94. The van der Waals surface area contributed by atoms with Crippen molar-refractivity contribution in [3.05, 3.63) is 71.7 Å². The van der Waals surface area contributed by atoms with Crippen molar-refractivity contribution >= 4 is 22.8 Å². The quantitative estimate of drug-likeness (QED) is 0.476. The Hall–Kier alpha value is -3.62. The molecule has 0 spiro atoms. The van der Waals surface area contributed by atoms with Gasteiger partial charge in [0.25, 0.3) is 0 Å². The SMILES string of the molecule is Cc1cc(-c2nc3c(CC(=O)Nc4cccc(CN5CCOCC5)n4)cccc3[nH]2)ccn1. The van der Waals surface area contributed by atoms with Gasteiger partial charge in [0, 0.05) is 37.1 Å². The summed E-state index contributed by atoms with van der Waals surface area (Å²) in [6.45, 7) is 5.98. The fourth-order valence-corrected chi connectivity index (χ4v) is 4.05. The van der Waals surface area contributed by atoms with E-state index in [-0.39, 0.29) is 12.3 Å². The van der Waals surface area contributed by atoms with Crippen LogP contribution in [0.1, 0.15) is 17.0 Å². The van der Waals surface area contributed by atoms with Crippen molar-refractivity contribution in [2.45, 2.75) is 19.9 Å². The van der Waals surface area contributed by atoms with Gasteiger partial charge in [-0.2, -0.15) is 0 Å². The van der Waals surface area contributed by atoms with E-state index in [4.69, 9.17) is 9.72 Å². The van der Waals surface area contributed by atoms with Gasteiger partial charge in [0.15, 0.2) is 0 Å². The molecule has 0 aliphatic carbocycles. The molecule has 3 aromatic heterocycles. The molecule has 4 aromatic rings. The van der Waals surface area contributed by atoms with Crippen molar-refractivity contribution in [3.63, 3.8) is 0 Å². The Bertz CT molecular complexity index is 1280. The largest absolute Gasteiger partial charge is 0.379 e. The molecule has 168 valence electrons. The summed E-state index contributed by atoms with van der Waals surface area (Å²) in [7, 11) is 0. The Labute approximate surface area is 192 Å². The zero-order valence-corrected chi connectivity index (χ0v) is 18.5. The number of aryl methyl sites for hydroxylation is 1. The summed E-state index contributed by atoms with van der Waals surface area (Å²) in [6, 6.07) is 15.5. The lowest BCUT2D eigenvalue weighted by atomic mass is 10.1. The number of aromatic nitrogens is 4. The maximum Gasteiger partial charge on any atom is 0.230 e. The number of ether oxygens (including phenoxy) is 1. The van der Waals surface area contributed by atoms with E-state index in [1.807, 2.05) is 55.5 Å². The van der Waals surface area contributed by atoms with Crippen LogP contribution in [0.25, 0.3) is 22.4 Å². The minimum absolute atomic E-state index is 0.122. The van der Waals surface area contributed by atoms with Gasteiger partial charge < -0.3 is 15.0 Å². The number of rotatable bonds is 6. The van der Waals surface area contributed by atoms with Crippen molar-refractivity contribution in [1.29, 1.82) is 0 Å². The van der Waals surface area contributed by atoms with E-state index in [1.165, 1.54) is 0 Å². The fraction of sp³-hybridized carbons (Fsp3) is 0.280. The molecular formula is C25H26N6O2. The number of pyridine rings is 2. The zero-order valence-electron chi connectivity index (χ0n) is 18.5. The van der Waals surface area contributed by atoms with Crippen LogP contribution in [0.5, 0.6) is 0 Å². The molecule has 0 unspecified atom stereocenters. The van der Waals surface area contributed by atoms with E-state index in [0.717, 1.165) is 72.2 Å². The number of hydrogen-bond acceptors (Lipinski definition) is 6. The fourth-order valence-electron chi connectivity index (χ4n) is 4.05. The number of benzene rings is 1. The Kier molecular flexibility index (Phi) is 6.10. The third-order valence-electron chi connectivity index (χ3n) is 5.68. The first-order valence-electron chi connectivity index (χ1n) is 11.1. The first kappa shape index (κ1) is 21.2. The van der Waals surface area contributed by atoms with Gasteiger partial charge in [-0.1, -0.05) is 18.2 Å². The van der Waals surface area contributed by atoms with Crippen molar-refractivity contribution in [1.82, 2.24) is 24.8 Å². The number of carbonyl (C=O) groups is 1. The molecule has 1 aliphatic heterocycles. The van der Waals surface area contributed by atoms with Gasteiger partial charge in [0.05, 0.1) is 36.4 Å². The topological polar surface area (TPSA) is 96.0 Å². The second kappa shape index (κ2) is 9.48. The number of amides is 1. The normalized spacial score (nSPS) is 14.5. The highest BCUT2D eigenvalue weighted by atomic mass is 16.5. The molecule has 1 amide bonds. The average molecular weight is 443 g/mol. The van der Waals surface area contributed by atoms with Crippen LogP contribution in [0.2, 0.25) is 0 Å². The van der Waals surface area contributed by atoms with Crippen LogP contribution in [0.4, 0.5) is 5.82 Å². The lowest BCUT2D eigenvalue weighted by Gasteiger charge is -2.26. The van der Waals surface area contributed by atoms with Crippen LogP contribution in [0.3, 0.4) is 0 Å². The smallest absolute Gasteiger partial charge is 0.230 e. The molecule has 1 aromatic carbocycles. The Balaban J connectivity index is 1.30. The van der Waals surface area contributed by atoms with Gasteiger partial charge in [-0.15, -0.1) is 0 Å². The number of para-hydroxylation sites is 1. The van der Waals surface area contributed by atoms with Gasteiger partial charge >= 0.3 is 0 Å². The second-order valence-corrected chi connectivity index (χ2v) is 8.21. The van der Waals surface area contributed by atoms with Crippen LogP contribution >= 0.6 is 0 Å². The van der Waals surface area contributed by atoms with Gasteiger partial charge in [-0.3, -0.25) is 14.7 Å². The third-order valence-corrected chi connectivity index (χ3v) is 5.68. The highest BCUT2D eigenvalue weighted by Crippen LogP contribution is 2.23. The van der Waals surface area contributed by atoms with E-state index in [2.05, 4.69) is 25.2 Å². The first-order chi connectivity index (χ1) is 16.1. The van der Waals surface area contributed by atoms with Crippen LogP contribution in [0, 0.1) is 6.92 Å². The van der Waals surface area contributed by atoms with Gasteiger partial charge in [0.2, 0.25) is 5.91 Å². The van der Waals surface area contributed by atoms with E-state index >= 15 is 0 Å². The average Bonchev–Trinajstić information content (AvgIpc) is 3.26. The maximum atomic E-state index is 12.8. The summed E-state index contributed by atoms with van der Waals surface area (Å²) in [5.74, 6) is 1.21. The Morgan fingerprint density at radius 3 is 2.82 bits per heavy atom. The number of anilines is 1. The van der Waals surface area contributed by atoms with Gasteiger partial charge in [-0.25, -0.2) is 9.97 Å². The number of carbonyl (C=O) groups excluding carboxylic acids is 1. The van der Waals surface area contributed by atoms with E-state index in [9.17, 15) is 4.79 Å². The van der Waals surface area contributed by atoms with Gasteiger partial charge in [0.1, 0.15) is 11.6 Å². The van der Waals surface area contributed by atoms with Crippen LogP contribution in [-0.2, 0) is 22.5 Å². The van der Waals surface area contributed by atoms with Crippen LogP contribution in [-0.4, -0.2) is 57.0 Å². The molecular weight excluding hydrogens is 416 g/mol. The number of imidazole rings is 1. The number of hydrogen-bond donors (Lipinski definition) is 2. The maximum absolute atomic E-state index is 12.8. The van der Waals surface area contributed by atoms with Crippen molar-refractivity contribution < 1.29 is 9.53 Å². The van der Waals surface area contributed by atoms with Crippen molar-refractivity contribution in [2.75, 3.05) is 31.6 Å². The van der Waals surface area contributed by atoms with Gasteiger partial charge in [-0.05, 0) is 42.8 Å². The molecule has 0 saturated carbocycles. The minimum Gasteiger partial charge on any atom is -0.379 e. The summed E-state index contributed by atoms with van der Waals surface area (Å²) in [5.41, 5.74) is 5.39. The highest BCUT2D eigenvalue weighted by Gasteiger charge is 2.14. The number of morpholine rings is 1. The van der Waals surface area contributed by atoms with Crippen LogP contribution < -0.4 is 5.32 Å². The summed E-state index contributed by atoms with van der Waals surface area (Å²) >= 11 is 0. The predicted octanol–water partition coefficient (Wildman–Crippen LogP) is 3.34. The number of nitrogens with one attached hydrogen (secondary N) is 2. The monoisotopic (exact) mass is 442 g/mol. The Morgan fingerprint density at radius 1 is 1.12 bits per heavy atom. The lowest BCUT2D eigenvalue weighted by molar-refractivity contribution is -0.115. The summed E-state index contributed by atoms with van der Waals surface area (Å²) in [4.78, 5) is 32.1. The molecule has 1 aliphatic rings. The molecule has 5 rings (SSSR count). The molecule has 0 radical (unpaired) electrons. The molecule has 8 heteroatoms. The third kappa shape index (κ3) is 5.08. The van der Waals surface area contributed by atoms with E-state index in [0.29, 0.717) is 5.82 Å². The first-order valence-corrected chi connectivity index (χ1v) is 11.1. The minimum atomic E-state index is -0.122. The zero-order chi connectivity index (χ0) is 22.6. The van der Waals surface area contributed by atoms with E-state index < -0.39 is 0 Å². The molecule has 2 N–H and O–H groups in total. The summed E-state index contributed by atoms with van der Waals surface area (Å²) in [6.07, 6.45) is 1.98.